The monoisotopic (exact) mass is 422 g/mol. The van der Waals surface area contributed by atoms with Crippen molar-refractivity contribution < 1.29 is 9.53 Å². The normalized spacial score (nSPS) is 14.6. The summed E-state index contributed by atoms with van der Waals surface area (Å²) in [6, 6.07) is 15.9. The highest BCUT2D eigenvalue weighted by molar-refractivity contribution is 14.1. The number of benzene rings is 2. The molecule has 0 aliphatic carbocycles. The Balaban J connectivity index is 1.55. The molecule has 0 saturated carbocycles. The smallest absolute Gasteiger partial charge is 0.251 e. The zero-order valence-corrected chi connectivity index (χ0v) is 15.0. The Morgan fingerprint density at radius 3 is 2.35 bits per heavy atom. The van der Waals surface area contributed by atoms with Crippen molar-refractivity contribution >= 4 is 34.2 Å². The van der Waals surface area contributed by atoms with Gasteiger partial charge in [-0.1, -0.05) is 12.1 Å². The second-order valence-corrected chi connectivity index (χ2v) is 6.70. The molecule has 1 heterocycles. The molecule has 0 spiro atoms. The third-order valence-electron chi connectivity index (χ3n) is 3.87. The molecule has 1 saturated heterocycles. The van der Waals surface area contributed by atoms with Crippen LogP contribution in [0.4, 0.5) is 5.69 Å². The van der Waals surface area contributed by atoms with Crippen molar-refractivity contribution in [2.45, 2.75) is 6.54 Å². The Morgan fingerprint density at radius 1 is 1.04 bits per heavy atom. The Kier molecular flexibility index (Phi) is 5.51. The van der Waals surface area contributed by atoms with Crippen LogP contribution in [0.25, 0.3) is 0 Å². The van der Waals surface area contributed by atoms with Gasteiger partial charge in [-0.2, -0.15) is 0 Å². The molecule has 0 atom stereocenters. The lowest BCUT2D eigenvalue weighted by atomic mass is 10.1. The molecule has 3 rings (SSSR count). The van der Waals surface area contributed by atoms with E-state index < -0.39 is 0 Å². The quantitative estimate of drug-likeness (QED) is 0.771. The van der Waals surface area contributed by atoms with Crippen molar-refractivity contribution in [1.82, 2.24) is 5.32 Å². The lowest BCUT2D eigenvalue weighted by Crippen LogP contribution is -2.36. The number of nitrogens with zero attached hydrogens (tertiary/aromatic N) is 1. The summed E-state index contributed by atoms with van der Waals surface area (Å²) in [6.07, 6.45) is 0. The van der Waals surface area contributed by atoms with Crippen LogP contribution in [-0.4, -0.2) is 32.2 Å². The summed E-state index contributed by atoms with van der Waals surface area (Å²) in [5.74, 6) is -0.0429. The van der Waals surface area contributed by atoms with Gasteiger partial charge in [-0.3, -0.25) is 4.79 Å². The highest BCUT2D eigenvalue weighted by atomic mass is 127. The Labute approximate surface area is 150 Å². The number of amides is 1. The molecule has 5 heteroatoms. The second kappa shape index (κ2) is 7.79. The summed E-state index contributed by atoms with van der Waals surface area (Å²) < 4.78 is 6.49. The molecule has 1 aliphatic heterocycles. The molecular formula is C18H19IN2O2. The van der Waals surface area contributed by atoms with E-state index >= 15 is 0 Å². The maximum Gasteiger partial charge on any atom is 0.251 e. The van der Waals surface area contributed by atoms with Crippen LogP contribution in [0, 0.1) is 3.57 Å². The highest BCUT2D eigenvalue weighted by Crippen LogP contribution is 2.16. The Bertz CT molecular complexity index is 650. The first-order valence-corrected chi connectivity index (χ1v) is 8.76. The number of anilines is 1. The summed E-state index contributed by atoms with van der Waals surface area (Å²) in [6.45, 7) is 3.97. The van der Waals surface area contributed by atoms with E-state index in [1.165, 1.54) is 5.69 Å². The molecule has 0 bridgehead atoms. The lowest BCUT2D eigenvalue weighted by Gasteiger charge is -2.28. The molecule has 0 radical (unpaired) electrons. The molecule has 120 valence electrons. The van der Waals surface area contributed by atoms with Gasteiger partial charge in [-0.05, 0) is 64.6 Å². The largest absolute Gasteiger partial charge is 0.378 e. The van der Waals surface area contributed by atoms with Gasteiger partial charge >= 0.3 is 0 Å². The van der Waals surface area contributed by atoms with Crippen LogP contribution >= 0.6 is 22.6 Å². The molecule has 2 aromatic carbocycles. The molecule has 2 aromatic rings. The fraction of sp³-hybridized carbons (Fsp3) is 0.278. The van der Waals surface area contributed by atoms with E-state index in [-0.39, 0.29) is 5.91 Å². The van der Waals surface area contributed by atoms with Gasteiger partial charge in [-0.25, -0.2) is 0 Å². The predicted molar refractivity (Wildman–Crippen MR) is 99.8 cm³/mol. The number of morpholine rings is 1. The number of nitrogens with one attached hydrogen (secondary N) is 1. The zero-order chi connectivity index (χ0) is 16.1. The first-order chi connectivity index (χ1) is 11.2. The maximum absolute atomic E-state index is 12.1. The third kappa shape index (κ3) is 4.45. The van der Waals surface area contributed by atoms with Gasteiger partial charge < -0.3 is 15.0 Å². The number of hydrogen-bond acceptors (Lipinski definition) is 3. The van der Waals surface area contributed by atoms with Crippen molar-refractivity contribution in [3.05, 3.63) is 63.2 Å². The Hall–Kier alpha value is -1.60. The maximum atomic E-state index is 12.1. The molecule has 1 fully saturated rings. The van der Waals surface area contributed by atoms with E-state index in [1.807, 2.05) is 24.3 Å². The minimum Gasteiger partial charge on any atom is -0.378 e. The Morgan fingerprint density at radius 2 is 1.70 bits per heavy atom. The first-order valence-electron chi connectivity index (χ1n) is 7.68. The van der Waals surface area contributed by atoms with Crippen LogP contribution < -0.4 is 10.2 Å². The molecule has 0 unspecified atom stereocenters. The van der Waals surface area contributed by atoms with E-state index in [9.17, 15) is 4.79 Å². The highest BCUT2D eigenvalue weighted by Gasteiger charge is 2.11. The fourth-order valence-electron chi connectivity index (χ4n) is 2.53. The van der Waals surface area contributed by atoms with Gasteiger partial charge in [-0.15, -0.1) is 0 Å². The minimum atomic E-state index is -0.0429. The third-order valence-corrected chi connectivity index (χ3v) is 4.59. The molecule has 1 aliphatic rings. The van der Waals surface area contributed by atoms with Gasteiger partial charge in [0.2, 0.25) is 0 Å². The SMILES string of the molecule is O=C(NCc1ccc(N2CCOCC2)cc1)c1ccc(I)cc1. The van der Waals surface area contributed by atoms with Gasteiger partial charge in [0.05, 0.1) is 13.2 Å². The fourth-order valence-corrected chi connectivity index (χ4v) is 2.89. The van der Waals surface area contributed by atoms with Crippen molar-refractivity contribution in [2.75, 3.05) is 31.2 Å². The molecule has 0 aromatic heterocycles. The minimum absolute atomic E-state index is 0.0429. The van der Waals surface area contributed by atoms with Crippen molar-refractivity contribution in [3.63, 3.8) is 0 Å². The predicted octanol–water partition coefficient (Wildman–Crippen LogP) is 3.06. The van der Waals surface area contributed by atoms with Crippen LogP contribution in [0.3, 0.4) is 0 Å². The van der Waals surface area contributed by atoms with Gasteiger partial charge in [0.25, 0.3) is 5.91 Å². The molecular weight excluding hydrogens is 403 g/mol. The van der Waals surface area contributed by atoms with Gasteiger partial charge in [0.1, 0.15) is 0 Å². The van der Waals surface area contributed by atoms with E-state index in [1.54, 1.807) is 0 Å². The van der Waals surface area contributed by atoms with Crippen molar-refractivity contribution in [3.8, 4) is 0 Å². The number of rotatable bonds is 4. The summed E-state index contributed by atoms with van der Waals surface area (Å²) in [5, 5.41) is 2.96. The zero-order valence-electron chi connectivity index (χ0n) is 12.8. The number of halogens is 1. The molecule has 4 nitrogen and oxygen atoms in total. The lowest BCUT2D eigenvalue weighted by molar-refractivity contribution is 0.0951. The summed E-state index contributed by atoms with van der Waals surface area (Å²) in [7, 11) is 0. The number of hydrogen-bond donors (Lipinski definition) is 1. The van der Waals surface area contributed by atoms with Crippen molar-refractivity contribution in [2.24, 2.45) is 0 Å². The number of carbonyl (C=O) groups excluding carboxylic acids is 1. The van der Waals surface area contributed by atoms with Gasteiger partial charge in [0, 0.05) is 34.5 Å². The van der Waals surface area contributed by atoms with Gasteiger partial charge in [0.15, 0.2) is 0 Å². The summed E-state index contributed by atoms with van der Waals surface area (Å²) >= 11 is 2.23. The van der Waals surface area contributed by atoms with Crippen LogP contribution in [0.5, 0.6) is 0 Å². The van der Waals surface area contributed by atoms with E-state index in [0.717, 1.165) is 35.4 Å². The second-order valence-electron chi connectivity index (χ2n) is 5.46. The number of carbonyl (C=O) groups is 1. The topological polar surface area (TPSA) is 41.6 Å². The average Bonchev–Trinajstić information content (AvgIpc) is 2.61. The molecule has 1 N–H and O–H groups in total. The average molecular weight is 422 g/mol. The standard InChI is InChI=1S/C18H19IN2O2/c19-16-5-3-15(4-6-16)18(22)20-13-14-1-7-17(8-2-14)21-9-11-23-12-10-21/h1-8H,9-13H2,(H,20,22). The molecule has 23 heavy (non-hydrogen) atoms. The summed E-state index contributed by atoms with van der Waals surface area (Å²) in [5.41, 5.74) is 3.00. The van der Waals surface area contributed by atoms with Crippen LogP contribution in [0.2, 0.25) is 0 Å². The first kappa shape index (κ1) is 16.3. The van der Waals surface area contributed by atoms with Crippen LogP contribution in [0.15, 0.2) is 48.5 Å². The van der Waals surface area contributed by atoms with E-state index in [4.69, 9.17) is 4.74 Å². The molecule has 1 amide bonds. The van der Waals surface area contributed by atoms with Crippen LogP contribution in [-0.2, 0) is 11.3 Å². The van der Waals surface area contributed by atoms with E-state index in [0.29, 0.717) is 12.1 Å². The van der Waals surface area contributed by atoms with E-state index in [2.05, 4.69) is 57.1 Å². The number of ether oxygens (including phenoxy) is 1. The van der Waals surface area contributed by atoms with Crippen LogP contribution in [0.1, 0.15) is 15.9 Å². The summed E-state index contributed by atoms with van der Waals surface area (Å²) in [4.78, 5) is 14.4. The van der Waals surface area contributed by atoms with Crippen molar-refractivity contribution in [1.29, 1.82) is 0 Å².